The molecule has 0 saturated heterocycles. The average Bonchev–Trinajstić information content (AvgIpc) is 3.34. The van der Waals surface area contributed by atoms with Crippen molar-refractivity contribution >= 4 is 17.1 Å². The Hall–Kier alpha value is -3.54. The van der Waals surface area contributed by atoms with Gasteiger partial charge < -0.3 is 9.72 Å². The number of benzene rings is 2. The highest BCUT2D eigenvalue weighted by Gasteiger charge is 2.47. The maximum atomic E-state index is 12.3. The number of carbonyl (C=O) groups excluding carboxylic acids is 1. The standard InChI is InChI=1S/C24H20N4O2/c29-23-17-8-4-5-9-18(17)24(30-23)12-10-16(11-13-24)21-26-19-14-25-20(27-22(19)28-21)15-6-2-1-3-7-15/h1-9,14,16H,10-13H2,(H,25,26,27,28). The first-order chi connectivity index (χ1) is 14.7. The molecule has 1 fully saturated rings. The second-order valence-electron chi connectivity index (χ2n) is 8.12. The number of imidazole rings is 1. The minimum absolute atomic E-state index is 0.198. The summed E-state index contributed by atoms with van der Waals surface area (Å²) >= 11 is 0. The van der Waals surface area contributed by atoms with Crippen molar-refractivity contribution in [2.45, 2.75) is 37.2 Å². The Morgan fingerprint density at radius 3 is 2.57 bits per heavy atom. The van der Waals surface area contributed by atoms with E-state index in [1.807, 2.05) is 54.6 Å². The summed E-state index contributed by atoms with van der Waals surface area (Å²) in [6.07, 6.45) is 5.22. The van der Waals surface area contributed by atoms with Gasteiger partial charge in [-0.15, -0.1) is 0 Å². The largest absolute Gasteiger partial charge is 0.451 e. The SMILES string of the molecule is O=C1OC2(CCC(c3nc4nc(-c5ccccc5)ncc4[nH]3)CC2)c2ccccc21. The molecule has 2 aromatic carbocycles. The normalized spacial score (nSPS) is 22.9. The minimum Gasteiger partial charge on any atom is -0.451 e. The Morgan fingerprint density at radius 2 is 1.73 bits per heavy atom. The van der Waals surface area contributed by atoms with Crippen LogP contribution in [0.2, 0.25) is 0 Å². The molecular formula is C24H20N4O2. The third-order valence-corrected chi connectivity index (χ3v) is 6.40. The van der Waals surface area contributed by atoms with E-state index in [1.54, 1.807) is 6.20 Å². The lowest BCUT2D eigenvalue weighted by Crippen LogP contribution is -2.31. The van der Waals surface area contributed by atoms with Crippen molar-refractivity contribution in [1.29, 1.82) is 0 Å². The Balaban J connectivity index is 1.26. The Morgan fingerprint density at radius 1 is 0.967 bits per heavy atom. The van der Waals surface area contributed by atoms with Crippen molar-refractivity contribution in [3.63, 3.8) is 0 Å². The van der Waals surface area contributed by atoms with Gasteiger partial charge in [-0.05, 0) is 31.7 Å². The lowest BCUT2D eigenvalue weighted by molar-refractivity contribution is -0.0312. The molecule has 1 aliphatic carbocycles. The molecule has 1 spiro atoms. The fourth-order valence-electron chi connectivity index (χ4n) is 4.82. The van der Waals surface area contributed by atoms with Gasteiger partial charge in [0, 0.05) is 17.0 Å². The third-order valence-electron chi connectivity index (χ3n) is 6.40. The summed E-state index contributed by atoms with van der Waals surface area (Å²) in [7, 11) is 0. The van der Waals surface area contributed by atoms with Gasteiger partial charge in [-0.3, -0.25) is 0 Å². The van der Waals surface area contributed by atoms with Crippen LogP contribution >= 0.6 is 0 Å². The molecule has 0 bridgehead atoms. The summed E-state index contributed by atoms with van der Waals surface area (Å²) in [5.74, 6) is 1.71. The molecule has 6 rings (SSSR count). The lowest BCUT2D eigenvalue weighted by atomic mass is 9.75. The number of ether oxygens (including phenoxy) is 1. The summed E-state index contributed by atoms with van der Waals surface area (Å²) in [6, 6.07) is 17.7. The number of hydrogen-bond acceptors (Lipinski definition) is 5. The summed E-state index contributed by atoms with van der Waals surface area (Å²) in [5, 5.41) is 0. The number of carbonyl (C=O) groups is 1. The Bertz CT molecular complexity index is 1260. The van der Waals surface area contributed by atoms with E-state index >= 15 is 0 Å². The summed E-state index contributed by atoms with van der Waals surface area (Å²) in [4.78, 5) is 29.6. The predicted octanol–water partition coefficient (Wildman–Crippen LogP) is 4.74. The number of esters is 1. The number of nitrogens with one attached hydrogen (secondary N) is 1. The number of rotatable bonds is 2. The molecule has 1 aliphatic heterocycles. The van der Waals surface area contributed by atoms with Crippen LogP contribution in [0.3, 0.4) is 0 Å². The highest BCUT2D eigenvalue weighted by atomic mass is 16.6. The predicted molar refractivity (Wildman–Crippen MR) is 112 cm³/mol. The van der Waals surface area contributed by atoms with Crippen LogP contribution in [0.5, 0.6) is 0 Å². The fourth-order valence-corrected chi connectivity index (χ4v) is 4.82. The molecule has 1 N–H and O–H groups in total. The molecule has 4 aromatic rings. The van der Waals surface area contributed by atoms with Gasteiger partial charge in [0.1, 0.15) is 16.9 Å². The number of fused-ring (bicyclic) bond motifs is 3. The molecule has 6 heteroatoms. The zero-order valence-electron chi connectivity index (χ0n) is 16.3. The summed E-state index contributed by atoms with van der Waals surface area (Å²) in [5.41, 5.74) is 3.79. The molecule has 0 atom stereocenters. The number of aromatic amines is 1. The first-order valence-electron chi connectivity index (χ1n) is 10.3. The van der Waals surface area contributed by atoms with Crippen LogP contribution in [-0.4, -0.2) is 25.9 Å². The highest BCUT2D eigenvalue weighted by molar-refractivity contribution is 5.94. The zero-order chi connectivity index (χ0) is 20.1. The van der Waals surface area contributed by atoms with Crippen LogP contribution in [-0.2, 0) is 10.3 Å². The van der Waals surface area contributed by atoms with E-state index in [0.717, 1.165) is 48.2 Å². The second kappa shape index (κ2) is 6.49. The van der Waals surface area contributed by atoms with Gasteiger partial charge in [0.05, 0.1) is 11.8 Å². The van der Waals surface area contributed by atoms with E-state index in [4.69, 9.17) is 9.72 Å². The minimum atomic E-state index is -0.476. The van der Waals surface area contributed by atoms with Crippen molar-refractivity contribution in [3.8, 4) is 11.4 Å². The molecule has 2 aromatic heterocycles. The summed E-state index contributed by atoms with van der Waals surface area (Å²) in [6.45, 7) is 0. The highest BCUT2D eigenvalue weighted by Crippen LogP contribution is 2.49. The van der Waals surface area contributed by atoms with Gasteiger partial charge >= 0.3 is 5.97 Å². The topological polar surface area (TPSA) is 80.8 Å². The zero-order valence-corrected chi connectivity index (χ0v) is 16.3. The number of aromatic nitrogens is 4. The van der Waals surface area contributed by atoms with Crippen molar-refractivity contribution in [3.05, 3.63) is 77.7 Å². The first kappa shape index (κ1) is 17.3. The van der Waals surface area contributed by atoms with E-state index < -0.39 is 5.60 Å². The van der Waals surface area contributed by atoms with Crippen molar-refractivity contribution in [1.82, 2.24) is 19.9 Å². The molecule has 30 heavy (non-hydrogen) atoms. The Kier molecular flexibility index (Phi) is 3.75. The smallest absolute Gasteiger partial charge is 0.339 e. The van der Waals surface area contributed by atoms with Gasteiger partial charge in [0.25, 0.3) is 0 Å². The van der Waals surface area contributed by atoms with Gasteiger partial charge in [-0.2, -0.15) is 0 Å². The summed E-state index contributed by atoms with van der Waals surface area (Å²) < 4.78 is 5.88. The van der Waals surface area contributed by atoms with Crippen LogP contribution in [0.1, 0.15) is 53.3 Å². The van der Waals surface area contributed by atoms with Crippen LogP contribution < -0.4 is 0 Å². The number of hydrogen-bond donors (Lipinski definition) is 1. The number of H-pyrrole nitrogens is 1. The van der Waals surface area contributed by atoms with Crippen LogP contribution in [0, 0.1) is 0 Å². The maximum absolute atomic E-state index is 12.3. The quantitative estimate of drug-likeness (QED) is 0.495. The van der Waals surface area contributed by atoms with Gasteiger partial charge in [0.2, 0.25) is 0 Å². The first-order valence-corrected chi connectivity index (χ1v) is 10.3. The van der Waals surface area contributed by atoms with E-state index in [1.165, 1.54) is 0 Å². The Labute approximate surface area is 173 Å². The second-order valence-corrected chi connectivity index (χ2v) is 8.12. The van der Waals surface area contributed by atoms with Crippen LogP contribution in [0.15, 0.2) is 60.8 Å². The van der Waals surface area contributed by atoms with Crippen LogP contribution in [0.25, 0.3) is 22.6 Å². The molecule has 6 nitrogen and oxygen atoms in total. The molecule has 148 valence electrons. The van der Waals surface area contributed by atoms with Crippen LogP contribution in [0.4, 0.5) is 0 Å². The van der Waals surface area contributed by atoms with Gasteiger partial charge in [-0.25, -0.2) is 19.7 Å². The van der Waals surface area contributed by atoms with Gasteiger partial charge in [-0.1, -0.05) is 48.5 Å². The number of nitrogens with zero attached hydrogens (tertiary/aromatic N) is 3. The maximum Gasteiger partial charge on any atom is 0.339 e. The molecule has 0 amide bonds. The fraction of sp³-hybridized carbons (Fsp3) is 0.250. The molecule has 0 radical (unpaired) electrons. The molecule has 3 heterocycles. The van der Waals surface area contributed by atoms with Crippen molar-refractivity contribution in [2.75, 3.05) is 0 Å². The third kappa shape index (κ3) is 2.64. The molecule has 0 unspecified atom stereocenters. The van der Waals surface area contributed by atoms with Crippen molar-refractivity contribution in [2.24, 2.45) is 0 Å². The molecule has 2 aliphatic rings. The van der Waals surface area contributed by atoms with E-state index in [9.17, 15) is 4.79 Å². The monoisotopic (exact) mass is 396 g/mol. The van der Waals surface area contributed by atoms with Gasteiger partial charge in [0.15, 0.2) is 11.5 Å². The molecule has 1 saturated carbocycles. The van der Waals surface area contributed by atoms with Crippen molar-refractivity contribution < 1.29 is 9.53 Å². The van der Waals surface area contributed by atoms with E-state index in [-0.39, 0.29) is 11.9 Å². The molecular weight excluding hydrogens is 376 g/mol. The lowest BCUT2D eigenvalue weighted by Gasteiger charge is -2.35. The van der Waals surface area contributed by atoms with E-state index in [2.05, 4.69) is 15.0 Å². The van der Waals surface area contributed by atoms with E-state index in [0.29, 0.717) is 17.0 Å². The average molecular weight is 396 g/mol.